The maximum absolute atomic E-state index is 6.23. The quantitative estimate of drug-likeness (QED) is 0.629. The monoisotopic (exact) mass is 310 g/mol. The third kappa shape index (κ3) is 3.29. The van der Waals surface area contributed by atoms with Crippen LogP contribution in [0.15, 0.2) is 24.5 Å². The molecule has 0 radical (unpaired) electrons. The Morgan fingerprint density at radius 3 is 2.67 bits per heavy atom. The molecule has 0 bridgehead atoms. The Hall–Kier alpha value is -1.76. The average Bonchev–Trinajstić information content (AvgIpc) is 2.88. The summed E-state index contributed by atoms with van der Waals surface area (Å²) in [5.74, 6) is 7.68. The first-order valence-electron chi connectivity index (χ1n) is 6.44. The van der Waals surface area contributed by atoms with E-state index in [0.29, 0.717) is 22.9 Å². The minimum absolute atomic E-state index is 0.136. The molecular formula is C14H19ClN4O2. The number of ether oxygens (including phenoxy) is 2. The fourth-order valence-electron chi connectivity index (χ4n) is 2.19. The Labute approximate surface area is 128 Å². The molecule has 2 rings (SSSR count). The van der Waals surface area contributed by atoms with Crippen LogP contribution < -0.4 is 20.7 Å². The van der Waals surface area contributed by atoms with Gasteiger partial charge in [0.05, 0.1) is 25.3 Å². The van der Waals surface area contributed by atoms with Gasteiger partial charge in [0, 0.05) is 25.9 Å². The van der Waals surface area contributed by atoms with Gasteiger partial charge in [0.1, 0.15) is 5.82 Å². The predicted octanol–water partition coefficient (Wildman–Crippen LogP) is 1.84. The van der Waals surface area contributed by atoms with Crippen LogP contribution in [0.3, 0.4) is 0 Å². The van der Waals surface area contributed by atoms with Gasteiger partial charge in [0.25, 0.3) is 0 Å². The molecule has 7 heteroatoms. The smallest absolute Gasteiger partial charge is 0.179 e. The summed E-state index contributed by atoms with van der Waals surface area (Å²) in [6.45, 7) is 0. The standard InChI is InChI=1S/C14H19ClN4O2/c1-19-5-4-17-13(19)8-11(18-16)9-6-10(15)14(21-3)12(7-9)20-2/h4-7,11,18H,8,16H2,1-3H3. The number of nitrogens with one attached hydrogen (secondary N) is 1. The van der Waals surface area contributed by atoms with Crippen LogP contribution >= 0.6 is 11.6 Å². The Balaban J connectivity index is 2.34. The van der Waals surface area contributed by atoms with Crippen molar-refractivity contribution in [3.63, 3.8) is 0 Å². The summed E-state index contributed by atoms with van der Waals surface area (Å²) < 4.78 is 12.5. The van der Waals surface area contributed by atoms with Crippen LogP contribution in [0.2, 0.25) is 5.02 Å². The van der Waals surface area contributed by atoms with E-state index in [4.69, 9.17) is 26.9 Å². The van der Waals surface area contributed by atoms with Gasteiger partial charge < -0.3 is 14.0 Å². The zero-order valence-corrected chi connectivity index (χ0v) is 13.0. The lowest BCUT2D eigenvalue weighted by Crippen LogP contribution is -2.30. The van der Waals surface area contributed by atoms with Gasteiger partial charge in [0.2, 0.25) is 0 Å². The summed E-state index contributed by atoms with van der Waals surface area (Å²) in [7, 11) is 5.06. The first-order valence-corrected chi connectivity index (χ1v) is 6.82. The first-order chi connectivity index (χ1) is 10.1. The predicted molar refractivity (Wildman–Crippen MR) is 81.5 cm³/mol. The van der Waals surface area contributed by atoms with Crippen molar-refractivity contribution in [1.29, 1.82) is 0 Å². The summed E-state index contributed by atoms with van der Waals surface area (Å²) >= 11 is 6.23. The highest BCUT2D eigenvalue weighted by Gasteiger charge is 2.18. The van der Waals surface area contributed by atoms with Crippen LogP contribution in [0.1, 0.15) is 17.4 Å². The molecule has 1 aromatic carbocycles. The van der Waals surface area contributed by atoms with Gasteiger partial charge in [-0.15, -0.1) is 0 Å². The SMILES string of the molecule is COc1cc(C(Cc2nccn2C)NN)cc(Cl)c1OC. The second-order valence-electron chi connectivity index (χ2n) is 4.62. The number of hydrogen-bond acceptors (Lipinski definition) is 5. The number of hydrogen-bond donors (Lipinski definition) is 2. The van der Waals surface area contributed by atoms with E-state index in [1.54, 1.807) is 20.4 Å². The number of methoxy groups -OCH3 is 2. The maximum Gasteiger partial charge on any atom is 0.179 e. The normalized spacial score (nSPS) is 12.2. The van der Waals surface area contributed by atoms with Crippen molar-refractivity contribution in [2.45, 2.75) is 12.5 Å². The minimum atomic E-state index is -0.136. The number of aryl methyl sites for hydroxylation is 1. The molecule has 2 aromatic rings. The third-order valence-corrected chi connectivity index (χ3v) is 3.65. The molecule has 0 aliphatic rings. The molecule has 1 aromatic heterocycles. The summed E-state index contributed by atoms with van der Waals surface area (Å²) in [5.41, 5.74) is 3.70. The number of rotatable bonds is 6. The molecule has 1 heterocycles. The van der Waals surface area contributed by atoms with Gasteiger partial charge in [-0.25, -0.2) is 4.98 Å². The highest BCUT2D eigenvalue weighted by molar-refractivity contribution is 6.32. The van der Waals surface area contributed by atoms with Crippen molar-refractivity contribution in [2.24, 2.45) is 12.9 Å². The molecule has 0 amide bonds. The topological polar surface area (TPSA) is 74.3 Å². The van der Waals surface area contributed by atoms with Crippen molar-refractivity contribution in [3.8, 4) is 11.5 Å². The van der Waals surface area contributed by atoms with Crippen molar-refractivity contribution in [2.75, 3.05) is 14.2 Å². The molecule has 0 fully saturated rings. The fourth-order valence-corrected chi connectivity index (χ4v) is 2.48. The van der Waals surface area contributed by atoms with Gasteiger partial charge in [-0.05, 0) is 17.7 Å². The number of imidazole rings is 1. The Morgan fingerprint density at radius 1 is 1.38 bits per heavy atom. The summed E-state index contributed by atoms with van der Waals surface area (Å²) in [4.78, 5) is 4.31. The van der Waals surface area contributed by atoms with E-state index < -0.39 is 0 Å². The molecule has 1 atom stereocenters. The second kappa shape index (κ2) is 6.80. The Bertz CT molecular complexity index is 615. The molecule has 0 spiro atoms. The lowest BCUT2D eigenvalue weighted by molar-refractivity contribution is 0.354. The van der Waals surface area contributed by atoms with Crippen LogP contribution in [-0.4, -0.2) is 23.8 Å². The fraction of sp³-hybridized carbons (Fsp3) is 0.357. The molecule has 114 valence electrons. The number of nitrogens with zero attached hydrogens (tertiary/aromatic N) is 2. The summed E-state index contributed by atoms with van der Waals surface area (Å²) in [6.07, 6.45) is 4.28. The molecule has 21 heavy (non-hydrogen) atoms. The van der Waals surface area contributed by atoms with Gasteiger partial charge >= 0.3 is 0 Å². The Morgan fingerprint density at radius 2 is 2.14 bits per heavy atom. The molecule has 0 aliphatic heterocycles. The molecule has 1 unspecified atom stereocenters. The molecule has 3 N–H and O–H groups in total. The van der Waals surface area contributed by atoms with Gasteiger partial charge in [-0.1, -0.05) is 11.6 Å². The maximum atomic E-state index is 6.23. The Kier molecular flexibility index (Phi) is 5.06. The van der Waals surface area contributed by atoms with Crippen molar-refractivity contribution < 1.29 is 9.47 Å². The van der Waals surface area contributed by atoms with Crippen LogP contribution in [0, 0.1) is 0 Å². The van der Waals surface area contributed by atoms with E-state index in [2.05, 4.69) is 10.4 Å². The van der Waals surface area contributed by atoms with Crippen LogP contribution in [0.5, 0.6) is 11.5 Å². The molecular weight excluding hydrogens is 292 g/mol. The largest absolute Gasteiger partial charge is 0.493 e. The average molecular weight is 311 g/mol. The molecule has 0 aliphatic carbocycles. The number of aromatic nitrogens is 2. The number of nitrogens with two attached hydrogens (primary N) is 1. The van der Waals surface area contributed by atoms with E-state index in [9.17, 15) is 0 Å². The van der Waals surface area contributed by atoms with Crippen LogP contribution in [0.25, 0.3) is 0 Å². The van der Waals surface area contributed by atoms with E-state index in [1.165, 1.54) is 0 Å². The van der Waals surface area contributed by atoms with Crippen molar-refractivity contribution >= 4 is 11.6 Å². The first kappa shape index (κ1) is 15.6. The van der Waals surface area contributed by atoms with Crippen LogP contribution in [0.4, 0.5) is 0 Å². The minimum Gasteiger partial charge on any atom is -0.493 e. The van der Waals surface area contributed by atoms with E-state index in [-0.39, 0.29) is 6.04 Å². The second-order valence-corrected chi connectivity index (χ2v) is 5.02. The van der Waals surface area contributed by atoms with Crippen molar-refractivity contribution in [1.82, 2.24) is 15.0 Å². The lowest BCUT2D eigenvalue weighted by atomic mass is 10.0. The van der Waals surface area contributed by atoms with Gasteiger partial charge in [-0.2, -0.15) is 0 Å². The van der Waals surface area contributed by atoms with Crippen LogP contribution in [-0.2, 0) is 13.5 Å². The van der Waals surface area contributed by atoms with E-state index in [1.807, 2.05) is 29.9 Å². The number of hydrazine groups is 1. The van der Waals surface area contributed by atoms with E-state index in [0.717, 1.165) is 11.4 Å². The highest BCUT2D eigenvalue weighted by Crippen LogP contribution is 2.37. The van der Waals surface area contributed by atoms with E-state index >= 15 is 0 Å². The zero-order chi connectivity index (χ0) is 15.4. The van der Waals surface area contributed by atoms with Gasteiger partial charge in [0.15, 0.2) is 11.5 Å². The molecule has 6 nitrogen and oxygen atoms in total. The van der Waals surface area contributed by atoms with Gasteiger partial charge in [-0.3, -0.25) is 11.3 Å². The zero-order valence-electron chi connectivity index (χ0n) is 12.3. The third-order valence-electron chi connectivity index (χ3n) is 3.37. The molecule has 0 saturated carbocycles. The highest BCUT2D eigenvalue weighted by atomic mass is 35.5. The lowest BCUT2D eigenvalue weighted by Gasteiger charge is -2.19. The summed E-state index contributed by atoms with van der Waals surface area (Å²) in [6, 6.07) is 3.54. The number of benzene rings is 1. The van der Waals surface area contributed by atoms with Crippen molar-refractivity contribution in [3.05, 3.63) is 40.9 Å². The number of halogens is 1. The summed E-state index contributed by atoms with van der Waals surface area (Å²) in [5, 5.41) is 0.479. The molecule has 0 saturated heterocycles.